The number of ether oxygens (including phenoxy) is 1. The highest BCUT2D eigenvalue weighted by Crippen LogP contribution is 2.66. The highest BCUT2D eigenvalue weighted by molar-refractivity contribution is 7.71. The lowest BCUT2D eigenvalue weighted by atomic mass is 10.0. The van der Waals surface area contributed by atoms with Crippen LogP contribution in [0.25, 0.3) is 11.0 Å². The number of hydrogen-bond donors (Lipinski definition) is 7. The third-order valence-corrected chi connectivity index (χ3v) is 8.81. The Hall–Kier alpha value is -0.930. The molecular weight excluding hydrogens is 541 g/mol. The Bertz CT molecular complexity index is 1300. The normalized spacial score (nSPS) is 26.9. The van der Waals surface area contributed by atoms with Crippen molar-refractivity contribution in [1.82, 2.24) is 9.97 Å². The molecule has 0 bridgehead atoms. The van der Waals surface area contributed by atoms with Gasteiger partial charge in [-0.15, -0.1) is 0 Å². The van der Waals surface area contributed by atoms with E-state index in [0.29, 0.717) is 16.6 Å². The van der Waals surface area contributed by atoms with E-state index in [1.54, 1.807) is 13.0 Å². The molecule has 1 saturated heterocycles. The summed E-state index contributed by atoms with van der Waals surface area (Å²) in [5.41, 5.74) is 2.40. The molecule has 0 aromatic carbocycles. The van der Waals surface area contributed by atoms with Gasteiger partial charge in [-0.05, 0) is 31.5 Å². The van der Waals surface area contributed by atoms with Crippen molar-refractivity contribution in [2.45, 2.75) is 38.3 Å². The molecule has 0 saturated carbocycles. The van der Waals surface area contributed by atoms with Gasteiger partial charge in [0.05, 0.1) is 6.61 Å². The quantitative estimate of drug-likeness (QED) is 0.178. The Balaban J connectivity index is 1.76. The second-order valence-electron chi connectivity index (χ2n) is 7.36. The van der Waals surface area contributed by atoms with E-state index in [1.807, 2.05) is 13.0 Å². The van der Waals surface area contributed by atoms with Gasteiger partial charge in [0.25, 0.3) is 0 Å². The SMILES string of the molecule is Cc1cc(C)c2cc([C@@H]3O[C@H](COP(=O)(O)OP(=O)(O)OP(=O)(O)O)[C@H](O)C3O)c(=S)[nH]c2n1. The van der Waals surface area contributed by atoms with Crippen molar-refractivity contribution >= 4 is 46.7 Å². The number of pyridine rings is 2. The first-order valence-corrected chi connectivity index (χ1v) is 14.2. The van der Waals surface area contributed by atoms with Crippen LogP contribution in [-0.4, -0.2) is 64.7 Å². The number of aromatic nitrogens is 2. The number of phosphoric ester groups is 1. The molecular formula is C15H21N2O13P3S. The van der Waals surface area contributed by atoms with E-state index >= 15 is 0 Å². The Kier molecular flexibility index (Phi) is 8.01. The van der Waals surface area contributed by atoms with Gasteiger partial charge in [0.1, 0.15) is 34.7 Å². The number of nitrogens with zero attached hydrogens (tertiary/aromatic N) is 1. The number of H-pyrrole nitrogens is 1. The summed E-state index contributed by atoms with van der Waals surface area (Å²) in [7, 11) is -16.7. The van der Waals surface area contributed by atoms with Crippen LogP contribution in [0.4, 0.5) is 0 Å². The van der Waals surface area contributed by atoms with Crippen LogP contribution in [0.1, 0.15) is 22.9 Å². The van der Waals surface area contributed by atoms with Crippen LogP contribution < -0.4 is 0 Å². The number of phosphoric acid groups is 3. The molecule has 1 aliphatic rings. The largest absolute Gasteiger partial charge is 0.490 e. The monoisotopic (exact) mass is 562 g/mol. The summed E-state index contributed by atoms with van der Waals surface area (Å²) in [6, 6.07) is 3.45. The zero-order valence-corrected chi connectivity index (χ0v) is 20.9. The van der Waals surface area contributed by atoms with E-state index in [4.69, 9.17) is 26.7 Å². The van der Waals surface area contributed by atoms with Crippen molar-refractivity contribution in [2.24, 2.45) is 0 Å². The predicted molar refractivity (Wildman–Crippen MR) is 116 cm³/mol. The Morgan fingerprint density at radius 1 is 1.06 bits per heavy atom. The van der Waals surface area contributed by atoms with Gasteiger partial charge in [-0.25, -0.2) is 18.7 Å². The van der Waals surface area contributed by atoms with Gasteiger partial charge in [-0.3, -0.25) is 4.52 Å². The van der Waals surface area contributed by atoms with E-state index in [1.165, 1.54) is 0 Å². The van der Waals surface area contributed by atoms with Gasteiger partial charge in [0.15, 0.2) is 0 Å². The van der Waals surface area contributed by atoms with Gasteiger partial charge in [-0.2, -0.15) is 8.62 Å². The Morgan fingerprint density at radius 3 is 2.32 bits per heavy atom. The van der Waals surface area contributed by atoms with Gasteiger partial charge in [0, 0.05) is 16.6 Å². The molecule has 34 heavy (non-hydrogen) atoms. The van der Waals surface area contributed by atoms with Crippen molar-refractivity contribution < 1.29 is 61.4 Å². The van der Waals surface area contributed by atoms with Gasteiger partial charge >= 0.3 is 23.5 Å². The zero-order chi connectivity index (χ0) is 25.6. The average Bonchev–Trinajstić information content (AvgIpc) is 2.91. The molecule has 0 aliphatic carbocycles. The summed E-state index contributed by atoms with van der Waals surface area (Å²) in [6.07, 6.45) is -5.79. The minimum absolute atomic E-state index is 0.162. The molecule has 15 nitrogen and oxygen atoms in total. The lowest BCUT2D eigenvalue weighted by Gasteiger charge is -2.19. The van der Waals surface area contributed by atoms with Crippen LogP contribution in [0.2, 0.25) is 0 Å². The number of aryl methyl sites for hydroxylation is 2. The topological polar surface area (TPSA) is 238 Å². The molecule has 19 heteroatoms. The standard InChI is InChI=1S/C15H21N2O13P3S/c1-6-3-7(2)16-14-8(6)4-9(15(34)17-14)13-12(19)11(18)10(28-13)5-27-32(23,24)30-33(25,26)29-31(20,21)22/h3-4,10-13,18-19H,5H2,1-2H3,(H,23,24)(H,25,26)(H,16,17,34)(H2,20,21,22)/t10-,11+,12?,13+/m1/s1. The second-order valence-corrected chi connectivity index (χ2v) is 12.2. The fourth-order valence-corrected chi connectivity index (χ4v) is 6.65. The maximum Gasteiger partial charge on any atom is 0.490 e. The fraction of sp³-hybridized carbons (Fsp3) is 0.467. The number of aromatic amines is 1. The van der Waals surface area contributed by atoms with Gasteiger partial charge < -0.3 is 39.5 Å². The molecule has 7 N–H and O–H groups in total. The third kappa shape index (κ3) is 6.64. The van der Waals surface area contributed by atoms with Crippen LogP contribution in [0.5, 0.6) is 0 Å². The molecule has 0 amide bonds. The predicted octanol–water partition coefficient (Wildman–Crippen LogP) is 1.41. The fourth-order valence-electron chi connectivity index (χ4n) is 3.35. The van der Waals surface area contributed by atoms with E-state index in [9.17, 15) is 33.7 Å². The van der Waals surface area contributed by atoms with Crippen LogP contribution in [0.3, 0.4) is 0 Å². The number of rotatable bonds is 8. The Morgan fingerprint density at radius 2 is 1.71 bits per heavy atom. The van der Waals surface area contributed by atoms with Crippen LogP contribution in [-0.2, 0) is 31.6 Å². The second kappa shape index (κ2) is 9.85. The van der Waals surface area contributed by atoms with Crippen molar-refractivity contribution in [2.75, 3.05) is 6.61 Å². The summed E-state index contributed by atoms with van der Waals surface area (Å²) < 4.78 is 51.4. The van der Waals surface area contributed by atoms with E-state index < -0.39 is 54.5 Å². The average molecular weight is 562 g/mol. The maximum absolute atomic E-state index is 11.9. The smallest absolute Gasteiger partial charge is 0.387 e. The number of hydrogen-bond acceptors (Lipinski definition) is 11. The lowest BCUT2D eigenvalue weighted by molar-refractivity contribution is -0.0224. The summed E-state index contributed by atoms with van der Waals surface area (Å²) in [5, 5.41) is 21.5. The molecule has 2 aromatic heterocycles. The van der Waals surface area contributed by atoms with E-state index in [2.05, 4.69) is 23.1 Å². The van der Waals surface area contributed by atoms with Crippen LogP contribution in [0.15, 0.2) is 12.1 Å². The highest BCUT2D eigenvalue weighted by Gasteiger charge is 2.46. The van der Waals surface area contributed by atoms with Crippen LogP contribution >= 0.6 is 35.7 Å². The summed E-state index contributed by atoms with van der Waals surface area (Å²) in [5.74, 6) is 0. The molecule has 3 unspecified atom stereocenters. The number of aliphatic hydroxyl groups is 2. The van der Waals surface area contributed by atoms with Gasteiger partial charge in [0.2, 0.25) is 0 Å². The zero-order valence-electron chi connectivity index (χ0n) is 17.4. The minimum atomic E-state index is -5.70. The maximum atomic E-state index is 11.9. The number of aliphatic hydroxyl groups excluding tert-OH is 2. The van der Waals surface area contributed by atoms with Gasteiger partial charge in [-0.1, -0.05) is 12.2 Å². The van der Waals surface area contributed by atoms with Crippen molar-refractivity contribution in [3.05, 3.63) is 33.6 Å². The summed E-state index contributed by atoms with van der Waals surface area (Å²) in [6.45, 7) is 2.71. The first-order valence-electron chi connectivity index (χ1n) is 9.29. The van der Waals surface area contributed by atoms with E-state index in [-0.39, 0.29) is 4.64 Å². The first-order chi connectivity index (χ1) is 15.5. The van der Waals surface area contributed by atoms with E-state index in [0.717, 1.165) is 11.3 Å². The molecule has 190 valence electrons. The molecule has 6 atom stereocenters. The van der Waals surface area contributed by atoms with Crippen molar-refractivity contribution in [3.8, 4) is 0 Å². The molecule has 2 aromatic rings. The Labute approximate surface area is 196 Å². The summed E-state index contributed by atoms with van der Waals surface area (Å²) in [4.78, 5) is 43.1. The molecule has 0 radical (unpaired) electrons. The third-order valence-electron chi connectivity index (χ3n) is 4.67. The number of fused-ring (bicyclic) bond motifs is 1. The van der Waals surface area contributed by atoms with Crippen molar-refractivity contribution in [3.63, 3.8) is 0 Å². The molecule has 3 rings (SSSR count). The summed E-state index contributed by atoms with van der Waals surface area (Å²) >= 11 is 5.32. The molecule has 0 spiro atoms. The van der Waals surface area contributed by atoms with Crippen molar-refractivity contribution in [1.29, 1.82) is 0 Å². The number of nitrogens with one attached hydrogen (secondary N) is 1. The highest BCUT2D eigenvalue weighted by atomic mass is 32.1. The molecule has 1 aliphatic heterocycles. The van der Waals surface area contributed by atoms with Crippen LogP contribution in [0, 0.1) is 18.5 Å². The first kappa shape index (κ1) is 27.7. The molecule has 1 fully saturated rings. The molecule has 3 heterocycles. The lowest BCUT2D eigenvalue weighted by Crippen LogP contribution is -2.33. The minimum Gasteiger partial charge on any atom is -0.387 e.